The van der Waals surface area contributed by atoms with E-state index in [-0.39, 0.29) is 17.9 Å². The summed E-state index contributed by atoms with van der Waals surface area (Å²) in [6.45, 7) is 9.58. The molecule has 1 fully saturated rings. The number of nitrogens with zero attached hydrogens (tertiary/aromatic N) is 1. The standard InChI is InChI=1S/C15H30N4O2/c1-14(2,15(3,4)16)13(21)18-11-6-8-19(9-7-11)10-12(20)17-5/h11H,6-10,16H2,1-5H3,(H,17,20)(H,18,21). The number of likely N-dealkylation sites (tertiary alicyclic amines) is 1. The van der Waals surface area contributed by atoms with Gasteiger partial charge in [-0.2, -0.15) is 0 Å². The topological polar surface area (TPSA) is 87.5 Å². The molecule has 2 amide bonds. The second kappa shape index (κ2) is 6.75. The minimum absolute atomic E-state index is 0.000230. The molecule has 1 heterocycles. The minimum Gasteiger partial charge on any atom is -0.358 e. The molecule has 1 aliphatic heterocycles. The zero-order valence-corrected chi connectivity index (χ0v) is 14.0. The molecule has 0 atom stereocenters. The zero-order chi connectivity index (χ0) is 16.3. The Morgan fingerprint density at radius 1 is 1.19 bits per heavy atom. The molecular formula is C15H30N4O2. The lowest BCUT2D eigenvalue weighted by atomic mass is 9.74. The molecule has 0 unspecified atom stereocenters. The van der Waals surface area contributed by atoms with Crippen LogP contribution < -0.4 is 16.4 Å². The third kappa shape index (κ3) is 4.68. The van der Waals surface area contributed by atoms with Crippen LogP contribution in [0.2, 0.25) is 0 Å². The van der Waals surface area contributed by atoms with Gasteiger partial charge in [0, 0.05) is 31.7 Å². The SMILES string of the molecule is CNC(=O)CN1CCC(NC(=O)C(C)(C)C(C)(C)N)CC1. The predicted molar refractivity (Wildman–Crippen MR) is 83.7 cm³/mol. The molecule has 0 aliphatic carbocycles. The fourth-order valence-corrected chi connectivity index (χ4v) is 2.18. The van der Waals surface area contributed by atoms with E-state index in [0.717, 1.165) is 25.9 Å². The van der Waals surface area contributed by atoms with Gasteiger partial charge in [-0.25, -0.2) is 0 Å². The van der Waals surface area contributed by atoms with Crippen molar-refractivity contribution in [2.75, 3.05) is 26.7 Å². The first-order valence-electron chi connectivity index (χ1n) is 7.60. The molecule has 0 aromatic heterocycles. The number of carbonyl (C=O) groups excluding carboxylic acids is 2. The van der Waals surface area contributed by atoms with Crippen molar-refractivity contribution in [2.24, 2.45) is 11.1 Å². The predicted octanol–water partition coefficient (Wildman–Crippen LogP) is 0.0765. The normalized spacial score (nSPS) is 18.4. The molecule has 0 aromatic rings. The molecule has 4 N–H and O–H groups in total. The Morgan fingerprint density at radius 2 is 1.71 bits per heavy atom. The molecule has 6 nitrogen and oxygen atoms in total. The maximum absolute atomic E-state index is 12.4. The van der Waals surface area contributed by atoms with Crippen LogP contribution in [0.1, 0.15) is 40.5 Å². The fraction of sp³-hybridized carbons (Fsp3) is 0.867. The van der Waals surface area contributed by atoms with Gasteiger partial charge in [0.1, 0.15) is 0 Å². The van der Waals surface area contributed by atoms with Crippen LogP contribution in [-0.2, 0) is 9.59 Å². The maximum Gasteiger partial charge on any atom is 0.233 e. The molecule has 1 saturated heterocycles. The highest BCUT2D eigenvalue weighted by molar-refractivity contribution is 5.83. The third-order valence-electron chi connectivity index (χ3n) is 4.75. The Kier molecular flexibility index (Phi) is 5.75. The lowest BCUT2D eigenvalue weighted by molar-refractivity contribution is -0.133. The summed E-state index contributed by atoms with van der Waals surface area (Å²) in [5.41, 5.74) is 4.91. The van der Waals surface area contributed by atoms with Gasteiger partial charge in [-0.1, -0.05) is 0 Å². The Labute approximate surface area is 127 Å². The number of likely N-dealkylation sites (N-methyl/N-ethyl adjacent to an activating group) is 1. The Balaban J connectivity index is 2.46. The van der Waals surface area contributed by atoms with Gasteiger partial charge < -0.3 is 16.4 Å². The summed E-state index contributed by atoms with van der Waals surface area (Å²) in [6, 6.07) is 0.167. The summed E-state index contributed by atoms with van der Waals surface area (Å²) < 4.78 is 0. The van der Waals surface area contributed by atoms with Crippen molar-refractivity contribution in [1.82, 2.24) is 15.5 Å². The van der Waals surface area contributed by atoms with Gasteiger partial charge in [-0.05, 0) is 40.5 Å². The molecule has 122 valence electrons. The smallest absolute Gasteiger partial charge is 0.233 e. The highest BCUT2D eigenvalue weighted by Gasteiger charge is 2.41. The van der Waals surface area contributed by atoms with Crippen LogP contribution >= 0.6 is 0 Å². The molecule has 0 radical (unpaired) electrons. The van der Waals surface area contributed by atoms with E-state index in [1.54, 1.807) is 7.05 Å². The fourth-order valence-electron chi connectivity index (χ4n) is 2.18. The number of nitrogens with one attached hydrogen (secondary N) is 2. The number of rotatable bonds is 5. The Hall–Kier alpha value is -1.14. The second-order valence-electron chi connectivity index (χ2n) is 7.04. The molecule has 0 bridgehead atoms. The van der Waals surface area contributed by atoms with Crippen LogP contribution in [0.25, 0.3) is 0 Å². The van der Waals surface area contributed by atoms with Crippen molar-refractivity contribution in [3.05, 3.63) is 0 Å². The summed E-state index contributed by atoms with van der Waals surface area (Å²) >= 11 is 0. The van der Waals surface area contributed by atoms with Crippen LogP contribution in [0.3, 0.4) is 0 Å². The van der Waals surface area contributed by atoms with E-state index in [0.29, 0.717) is 6.54 Å². The van der Waals surface area contributed by atoms with Crippen molar-refractivity contribution in [1.29, 1.82) is 0 Å². The number of amides is 2. The first kappa shape index (κ1) is 17.9. The van der Waals surface area contributed by atoms with Crippen molar-refractivity contribution in [3.8, 4) is 0 Å². The van der Waals surface area contributed by atoms with E-state index in [9.17, 15) is 9.59 Å². The van der Waals surface area contributed by atoms with Crippen molar-refractivity contribution in [3.63, 3.8) is 0 Å². The summed E-state index contributed by atoms with van der Waals surface area (Å²) in [5.74, 6) is 0.0308. The third-order valence-corrected chi connectivity index (χ3v) is 4.75. The van der Waals surface area contributed by atoms with E-state index in [4.69, 9.17) is 5.73 Å². The quantitative estimate of drug-likeness (QED) is 0.670. The van der Waals surface area contributed by atoms with Crippen molar-refractivity contribution < 1.29 is 9.59 Å². The molecule has 21 heavy (non-hydrogen) atoms. The lowest BCUT2D eigenvalue weighted by Crippen LogP contribution is -2.58. The van der Waals surface area contributed by atoms with Crippen molar-refractivity contribution >= 4 is 11.8 Å². The molecule has 1 aliphatic rings. The molecule has 0 saturated carbocycles. The van der Waals surface area contributed by atoms with Crippen LogP contribution in [0, 0.1) is 5.41 Å². The highest BCUT2D eigenvalue weighted by atomic mass is 16.2. The van der Waals surface area contributed by atoms with Crippen molar-refractivity contribution in [2.45, 2.75) is 52.1 Å². The lowest BCUT2D eigenvalue weighted by Gasteiger charge is -2.39. The van der Waals surface area contributed by atoms with Gasteiger partial charge in [-0.3, -0.25) is 14.5 Å². The summed E-state index contributed by atoms with van der Waals surface area (Å²) in [4.78, 5) is 25.9. The minimum atomic E-state index is -0.619. The summed E-state index contributed by atoms with van der Waals surface area (Å²) in [7, 11) is 1.64. The second-order valence-corrected chi connectivity index (χ2v) is 7.04. The molecular weight excluding hydrogens is 268 g/mol. The molecule has 0 aromatic carbocycles. The average Bonchev–Trinajstić information content (AvgIpc) is 2.39. The monoisotopic (exact) mass is 298 g/mol. The number of hydrogen-bond donors (Lipinski definition) is 3. The Morgan fingerprint density at radius 3 is 2.14 bits per heavy atom. The molecule has 0 spiro atoms. The highest BCUT2D eigenvalue weighted by Crippen LogP contribution is 2.28. The Bertz CT molecular complexity index is 380. The van der Waals surface area contributed by atoms with E-state index >= 15 is 0 Å². The number of nitrogens with two attached hydrogens (primary N) is 1. The van der Waals surface area contributed by atoms with Gasteiger partial charge >= 0.3 is 0 Å². The first-order valence-corrected chi connectivity index (χ1v) is 7.60. The van der Waals surface area contributed by atoms with Gasteiger partial charge in [0.15, 0.2) is 0 Å². The zero-order valence-electron chi connectivity index (χ0n) is 14.0. The number of carbonyl (C=O) groups is 2. The van der Waals surface area contributed by atoms with Crippen LogP contribution in [0.15, 0.2) is 0 Å². The summed E-state index contributed by atoms with van der Waals surface area (Å²) in [6.07, 6.45) is 1.73. The number of piperidine rings is 1. The molecule has 1 rings (SSSR count). The van der Waals surface area contributed by atoms with E-state index in [1.165, 1.54) is 0 Å². The van der Waals surface area contributed by atoms with Gasteiger partial charge in [0.05, 0.1) is 12.0 Å². The van der Waals surface area contributed by atoms with E-state index in [2.05, 4.69) is 15.5 Å². The largest absolute Gasteiger partial charge is 0.358 e. The average molecular weight is 298 g/mol. The first-order chi connectivity index (χ1) is 9.57. The van der Waals surface area contributed by atoms with Crippen LogP contribution in [-0.4, -0.2) is 55.0 Å². The van der Waals surface area contributed by atoms with Gasteiger partial charge in [0.2, 0.25) is 11.8 Å². The number of hydrogen-bond acceptors (Lipinski definition) is 4. The van der Waals surface area contributed by atoms with Gasteiger partial charge in [0.25, 0.3) is 0 Å². The van der Waals surface area contributed by atoms with E-state index < -0.39 is 11.0 Å². The van der Waals surface area contributed by atoms with Gasteiger partial charge in [-0.15, -0.1) is 0 Å². The van der Waals surface area contributed by atoms with Crippen LogP contribution in [0.5, 0.6) is 0 Å². The van der Waals surface area contributed by atoms with Crippen LogP contribution in [0.4, 0.5) is 0 Å². The summed E-state index contributed by atoms with van der Waals surface area (Å²) in [5, 5.41) is 5.74. The maximum atomic E-state index is 12.4. The van der Waals surface area contributed by atoms with E-state index in [1.807, 2.05) is 27.7 Å². The molecule has 6 heteroatoms.